The van der Waals surface area contributed by atoms with E-state index in [0.29, 0.717) is 0 Å². The number of fused-ring (bicyclic) bond motifs is 1. The zero-order valence-corrected chi connectivity index (χ0v) is 9.73. The lowest BCUT2D eigenvalue weighted by Crippen LogP contribution is -1.88. The molecule has 88 valence electrons. The molecule has 0 heterocycles. The van der Waals surface area contributed by atoms with Crippen LogP contribution in [-0.2, 0) is 0 Å². The van der Waals surface area contributed by atoms with Gasteiger partial charge in [-0.25, -0.2) is 4.39 Å². The van der Waals surface area contributed by atoms with Crippen LogP contribution in [0.3, 0.4) is 0 Å². The average Bonchev–Trinajstić information content (AvgIpc) is 2.39. The fraction of sp³-hybridized carbons (Fsp3) is 0. The Labute approximate surface area is 105 Å². The molecular weight excluding hydrogens is 225 g/mol. The normalized spacial score (nSPS) is 10.7. The first-order chi connectivity index (χ1) is 8.75. The van der Waals surface area contributed by atoms with Crippen molar-refractivity contribution < 1.29 is 4.39 Å². The first kappa shape index (κ1) is 10.8. The molecule has 0 aliphatic rings. The van der Waals surface area contributed by atoms with Gasteiger partial charge in [0.25, 0.3) is 0 Å². The smallest absolute Gasteiger partial charge is 0.123 e. The van der Waals surface area contributed by atoms with Crippen LogP contribution in [0.4, 0.5) is 10.1 Å². The summed E-state index contributed by atoms with van der Waals surface area (Å²) in [5.41, 5.74) is 8.57. The van der Waals surface area contributed by atoms with E-state index in [1.807, 2.05) is 42.5 Å². The van der Waals surface area contributed by atoms with Gasteiger partial charge in [-0.05, 0) is 34.7 Å². The van der Waals surface area contributed by atoms with Crippen molar-refractivity contribution in [1.82, 2.24) is 0 Å². The minimum Gasteiger partial charge on any atom is -0.398 e. The third-order valence-electron chi connectivity index (χ3n) is 3.09. The SMILES string of the molecule is Nc1cccc2c(-c3cccc(F)c3)cccc12. The monoisotopic (exact) mass is 237 g/mol. The van der Waals surface area contributed by atoms with Gasteiger partial charge in [-0.3, -0.25) is 0 Å². The fourth-order valence-corrected chi connectivity index (χ4v) is 2.24. The highest BCUT2D eigenvalue weighted by atomic mass is 19.1. The molecule has 0 radical (unpaired) electrons. The van der Waals surface area contributed by atoms with Gasteiger partial charge >= 0.3 is 0 Å². The van der Waals surface area contributed by atoms with Crippen molar-refractivity contribution in [3.8, 4) is 11.1 Å². The fourth-order valence-electron chi connectivity index (χ4n) is 2.24. The number of anilines is 1. The van der Waals surface area contributed by atoms with Crippen LogP contribution in [0.2, 0.25) is 0 Å². The van der Waals surface area contributed by atoms with E-state index in [1.165, 1.54) is 12.1 Å². The molecule has 3 aromatic carbocycles. The molecule has 0 spiro atoms. The Hall–Kier alpha value is -2.35. The van der Waals surface area contributed by atoms with Crippen LogP contribution in [-0.4, -0.2) is 0 Å². The highest BCUT2D eigenvalue weighted by Crippen LogP contribution is 2.31. The first-order valence-corrected chi connectivity index (χ1v) is 5.79. The largest absolute Gasteiger partial charge is 0.398 e. The molecule has 0 aliphatic heterocycles. The summed E-state index contributed by atoms with van der Waals surface area (Å²) in [5, 5.41) is 2.04. The Bertz CT molecular complexity index is 719. The van der Waals surface area contributed by atoms with Crippen molar-refractivity contribution in [2.45, 2.75) is 0 Å². The van der Waals surface area contributed by atoms with Gasteiger partial charge in [0, 0.05) is 11.1 Å². The van der Waals surface area contributed by atoms with Crippen LogP contribution in [0.25, 0.3) is 21.9 Å². The molecule has 3 rings (SSSR count). The van der Waals surface area contributed by atoms with Gasteiger partial charge in [0.15, 0.2) is 0 Å². The van der Waals surface area contributed by atoms with E-state index in [-0.39, 0.29) is 5.82 Å². The van der Waals surface area contributed by atoms with Gasteiger partial charge in [0.1, 0.15) is 5.82 Å². The number of halogens is 1. The van der Waals surface area contributed by atoms with E-state index in [1.54, 1.807) is 6.07 Å². The molecule has 2 N–H and O–H groups in total. The molecule has 0 unspecified atom stereocenters. The molecular formula is C16H12FN. The van der Waals surface area contributed by atoms with Crippen LogP contribution in [0.1, 0.15) is 0 Å². The van der Waals surface area contributed by atoms with E-state index in [4.69, 9.17) is 5.73 Å². The van der Waals surface area contributed by atoms with Gasteiger partial charge in [-0.15, -0.1) is 0 Å². The van der Waals surface area contributed by atoms with Crippen molar-refractivity contribution in [3.05, 3.63) is 66.5 Å². The second-order valence-corrected chi connectivity index (χ2v) is 4.26. The van der Waals surface area contributed by atoms with Gasteiger partial charge in [-0.1, -0.05) is 42.5 Å². The first-order valence-electron chi connectivity index (χ1n) is 5.79. The van der Waals surface area contributed by atoms with Crippen molar-refractivity contribution in [2.75, 3.05) is 5.73 Å². The molecule has 0 amide bonds. The van der Waals surface area contributed by atoms with Crippen molar-refractivity contribution >= 4 is 16.5 Å². The van der Waals surface area contributed by atoms with Crippen LogP contribution >= 0.6 is 0 Å². The molecule has 3 aromatic rings. The highest BCUT2D eigenvalue weighted by Gasteiger charge is 2.05. The van der Waals surface area contributed by atoms with E-state index in [9.17, 15) is 4.39 Å². The van der Waals surface area contributed by atoms with Gasteiger partial charge in [0.2, 0.25) is 0 Å². The number of nitrogens with two attached hydrogens (primary N) is 1. The quantitative estimate of drug-likeness (QED) is 0.630. The minimum atomic E-state index is -0.228. The summed E-state index contributed by atoms with van der Waals surface area (Å²) < 4.78 is 13.3. The Kier molecular flexibility index (Phi) is 2.49. The second kappa shape index (κ2) is 4.15. The average molecular weight is 237 g/mol. The summed E-state index contributed by atoms with van der Waals surface area (Å²) in [7, 11) is 0. The summed E-state index contributed by atoms with van der Waals surface area (Å²) in [6, 6.07) is 18.3. The zero-order valence-electron chi connectivity index (χ0n) is 9.73. The van der Waals surface area contributed by atoms with Crippen molar-refractivity contribution in [2.24, 2.45) is 0 Å². The van der Waals surface area contributed by atoms with E-state index in [2.05, 4.69) is 0 Å². The summed E-state index contributed by atoms with van der Waals surface area (Å²) in [4.78, 5) is 0. The lowest BCUT2D eigenvalue weighted by molar-refractivity contribution is 0.628. The third kappa shape index (κ3) is 1.72. The topological polar surface area (TPSA) is 26.0 Å². The Morgan fingerprint density at radius 3 is 2.33 bits per heavy atom. The van der Waals surface area contributed by atoms with Crippen molar-refractivity contribution in [3.63, 3.8) is 0 Å². The highest BCUT2D eigenvalue weighted by molar-refractivity contribution is 6.02. The Morgan fingerprint density at radius 1 is 0.778 bits per heavy atom. The predicted molar refractivity (Wildman–Crippen MR) is 73.8 cm³/mol. The van der Waals surface area contributed by atoms with Crippen LogP contribution in [0, 0.1) is 5.82 Å². The molecule has 0 saturated heterocycles. The van der Waals surface area contributed by atoms with Crippen LogP contribution < -0.4 is 5.73 Å². The Morgan fingerprint density at radius 2 is 1.50 bits per heavy atom. The van der Waals surface area contributed by atoms with E-state index in [0.717, 1.165) is 27.6 Å². The van der Waals surface area contributed by atoms with Crippen LogP contribution in [0.5, 0.6) is 0 Å². The maximum absolute atomic E-state index is 13.3. The number of nitrogen functional groups attached to an aromatic ring is 1. The van der Waals surface area contributed by atoms with Crippen molar-refractivity contribution in [1.29, 1.82) is 0 Å². The number of hydrogen-bond acceptors (Lipinski definition) is 1. The molecule has 2 heteroatoms. The number of benzene rings is 3. The minimum absolute atomic E-state index is 0.228. The molecule has 0 saturated carbocycles. The maximum Gasteiger partial charge on any atom is 0.123 e. The molecule has 0 aliphatic carbocycles. The third-order valence-corrected chi connectivity index (χ3v) is 3.09. The van der Waals surface area contributed by atoms with Crippen LogP contribution in [0.15, 0.2) is 60.7 Å². The summed E-state index contributed by atoms with van der Waals surface area (Å²) in [6.45, 7) is 0. The summed E-state index contributed by atoms with van der Waals surface area (Å²) in [5.74, 6) is -0.228. The molecule has 0 bridgehead atoms. The maximum atomic E-state index is 13.3. The molecule has 0 atom stereocenters. The molecule has 1 nitrogen and oxygen atoms in total. The lowest BCUT2D eigenvalue weighted by atomic mass is 9.97. The molecule has 18 heavy (non-hydrogen) atoms. The Balaban J connectivity index is 2.33. The summed E-state index contributed by atoms with van der Waals surface area (Å²) in [6.07, 6.45) is 0. The molecule has 0 aromatic heterocycles. The standard InChI is InChI=1S/C16H12FN/c17-12-5-1-4-11(10-12)13-6-2-8-15-14(13)7-3-9-16(15)18/h1-10H,18H2. The zero-order chi connectivity index (χ0) is 12.5. The van der Waals surface area contributed by atoms with E-state index < -0.39 is 0 Å². The van der Waals surface area contributed by atoms with Gasteiger partial charge in [0.05, 0.1) is 0 Å². The van der Waals surface area contributed by atoms with E-state index >= 15 is 0 Å². The number of hydrogen-bond donors (Lipinski definition) is 1. The molecule has 0 fully saturated rings. The van der Waals surface area contributed by atoms with Gasteiger partial charge < -0.3 is 5.73 Å². The predicted octanol–water partition coefficient (Wildman–Crippen LogP) is 4.23. The van der Waals surface area contributed by atoms with Gasteiger partial charge in [-0.2, -0.15) is 0 Å². The second-order valence-electron chi connectivity index (χ2n) is 4.26. The summed E-state index contributed by atoms with van der Waals surface area (Å²) >= 11 is 0. The number of rotatable bonds is 1. The lowest BCUT2D eigenvalue weighted by Gasteiger charge is -2.08.